The van der Waals surface area contributed by atoms with Gasteiger partial charge in [-0.15, -0.1) is 0 Å². The molecule has 2 aliphatic rings. The summed E-state index contributed by atoms with van der Waals surface area (Å²) in [7, 11) is 3.98. The van der Waals surface area contributed by atoms with Gasteiger partial charge in [0.25, 0.3) is 5.91 Å². The first-order chi connectivity index (χ1) is 10.4. The van der Waals surface area contributed by atoms with E-state index in [0.29, 0.717) is 11.7 Å². The molecule has 0 spiro atoms. The largest absolute Gasteiger partial charge is 0.369 e. The van der Waals surface area contributed by atoms with Gasteiger partial charge in [-0.25, -0.2) is 0 Å². The number of rotatable bonds is 3. The Balaban J connectivity index is 1.91. The van der Waals surface area contributed by atoms with E-state index in [0.717, 1.165) is 37.3 Å². The van der Waals surface area contributed by atoms with Crippen molar-refractivity contribution in [2.24, 2.45) is 7.05 Å². The number of aromatic nitrogens is 2. The Kier molecular flexibility index (Phi) is 3.99. The van der Waals surface area contributed by atoms with Crippen molar-refractivity contribution in [1.29, 1.82) is 0 Å². The highest BCUT2D eigenvalue weighted by Crippen LogP contribution is 2.32. The van der Waals surface area contributed by atoms with E-state index in [1.807, 2.05) is 30.5 Å². The van der Waals surface area contributed by atoms with Crippen molar-refractivity contribution in [1.82, 2.24) is 19.6 Å². The molecule has 1 fully saturated rings. The average molecular weight is 306 g/mol. The lowest BCUT2D eigenvalue weighted by Crippen LogP contribution is -2.59. The lowest BCUT2D eigenvalue weighted by atomic mass is 9.98. The quantitative estimate of drug-likeness (QED) is 0.842. The second-order valence-electron chi connectivity index (χ2n) is 6.60. The maximum atomic E-state index is 13.0. The van der Waals surface area contributed by atoms with Gasteiger partial charge in [-0.05, 0) is 27.8 Å². The minimum atomic E-state index is -0.0114. The van der Waals surface area contributed by atoms with Crippen molar-refractivity contribution >= 4 is 5.91 Å². The zero-order chi connectivity index (χ0) is 16.0. The second-order valence-corrected chi connectivity index (χ2v) is 6.60. The Morgan fingerprint density at radius 3 is 2.64 bits per heavy atom. The summed E-state index contributed by atoms with van der Waals surface area (Å²) in [5, 5.41) is 4.54. The molecule has 0 aliphatic carbocycles. The Bertz CT molecular complexity index is 577. The fourth-order valence-electron chi connectivity index (χ4n) is 3.78. The van der Waals surface area contributed by atoms with E-state index < -0.39 is 0 Å². The molecule has 2 aliphatic heterocycles. The van der Waals surface area contributed by atoms with Crippen molar-refractivity contribution < 1.29 is 9.53 Å². The number of hydrogen-bond donors (Lipinski definition) is 0. The molecule has 1 aromatic rings. The minimum Gasteiger partial charge on any atom is -0.369 e. The van der Waals surface area contributed by atoms with Crippen LogP contribution in [0.4, 0.5) is 0 Å². The zero-order valence-corrected chi connectivity index (χ0v) is 14.2. The highest BCUT2D eigenvalue weighted by Gasteiger charge is 2.37. The topological polar surface area (TPSA) is 50.6 Å². The molecular weight excluding hydrogens is 280 g/mol. The van der Waals surface area contributed by atoms with Crippen molar-refractivity contribution in [3.8, 4) is 0 Å². The van der Waals surface area contributed by atoms with Crippen LogP contribution in [-0.4, -0.2) is 64.3 Å². The summed E-state index contributed by atoms with van der Waals surface area (Å²) >= 11 is 0. The SMILES string of the molecule is CCN(C(=O)c1nn(C)c2c1C[C@H](C)O[C@@H]2C)C1CN(C)C1. The van der Waals surface area contributed by atoms with E-state index in [-0.39, 0.29) is 18.1 Å². The van der Waals surface area contributed by atoms with Crippen LogP contribution in [0.3, 0.4) is 0 Å². The third kappa shape index (κ3) is 2.44. The smallest absolute Gasteiger partial charge is 0.274 e. The molecular formula is C16H26N4O2. The molecule has 0 unspecified atom stereocenters. The molecule has 0 N–H and O–H groups in total. The molecule has 1 aromatic heterocycles. The Labute approximate surface area is 132 Å². The summed E-state index contributed by atoms with van der Waals surface area (Å²) in [6, 6.07) is 0.315. The summed E-state index contributed by atoms with van der Waals surface area (Å²) in [6.45, 7) is 8.75. The number of amides is 1. The molecule has 3 rings (SSSR count). The molecule has 0 bridgehead atoms. The van der Waals surface area contributed by atoms with Crippen LogP contribution < -0.4 is 0 Å². The van der Waals surface area contributed by atoms with Gasteiger partial charge in [0.05, 0.1) is 23.9 Å². The predicted molar refractivity (Wildman–Crippen MR) is 83.9 cm³/mol. The third-order valence-electron chi connectivity index (χ3n) is 4.80. The maximum Gasteiger partial charge on any atom is 0.274 e. The van der Waals surface area contributed by atoms with E-state index in [4.69, 9.17) is 4.74 Å². The summed E-state index contributed by atoms with van der Waals surface area (Å²) in [5.74, 6) is 0.0683. The van der Waals surface area contributed by atoms with Crippen LogP contribution in [0.5, 0.6) is 0 Å². The molecule has 3 heterocycles. The first-order valence-electron chi connectivity index (χ1n) is 8.13. The van der Waals surface area contributed by atoms with E-state index in [2.05, 4.69) is 24.0 Å². The normalized spacial score (nSPS) is 25.7. The van der Waals surface area contributed by atoms with Crippen LogP contribution in [0.2, 0.25) is 0 Å². The molecule has 0 aromatic carbocycles. The summed E-state index contributed by atoms with van der Waals surface area (Å²) in [4.78, 5) is 17.2. The number of likely N-dealkylation sites (N-methyl/N-ethyl adjacent to an activating group) is 2. The van der Waals surface area contributed by atoms with Gasteiger partial charge < -0.3 is 14.5 Å². The highest BCUT2D eigenvalue weighted by molar-refractivity contribution is 5.94. The van der Waals surface area contributed by atoms with Crippen LogP contribution in [0, 0.1) is 0 Å². The van der Waals surface area contributed by atoms with Gasteiger partial charge in [-0.1, -0.05) is 0 Å². The standard InChI is InChI=1S/C16H26N4O2/c1-6-20(12-8-18(4)9-12)16(21)14-13-7-10(2)22-11(3)15(13)19(5)17-14/h10-12H,6-9H2,1-5H3/t10-,11+/m0/s1. The number of carbonyl (C=O) groups is 1. The molecule has 6 heteroatoms. The van der Waals surface area contributed by atoms with E-state index in [1.54, 1.807) is 0 Å². The molecule has 122 valence electrons. The number of hydrogen-bond acceptors (Lipinski definition) is 4. The van der Waals surface area contributed by atoms with Crippen molar-refractivity contribution in [2.45, 2.75) is 45.4 Å². The number of fused-ring (bicyclic) bond motifs is 1. The van der Waals surface area contributed by atoms with Gasteiger partial charge in [0.2, 0.25) is 0 Å². The van der Waals surface area contributed by atoms with E-state index >= 15 is 0 Å². The van der Waals surface area contributed by atoms with E-state index in [9.17, 15) is 4.79 Å². The first-order valence-corrected chi connectivity index (χ1v) is 8.13. The van der Waals surface area contributed by atoms with Crippen LogP contribution in [-0.2, 0) is 18.2 Å². The average Bonchev–Trinajstić information content (AvgIpc) is 2.74. The summed E-state index contributed by atoms with van der Waals surface area (Å²) < 4.78 is 7.69. The van der Waals surface area contributed by atoms with Crippen LogP contribution in [0.25, 0.3) is 0 Å². The maximum absolute atomic E-state index is 13.0. The van der Waals surface area contributed by atoms with E-state index in [1.165, 1.54) is 0 Å². The van der Waals surface area contributed by atoms with Gasteiger partial charge in [0.1, 0.15) is 0 Å². The number of aryl methyl sites for hydroxylation is 1. The number of ether oxygens (including phenoxy) is 1. The minimum absolute atomic E-state index is 0.0114. The number of likely N-dealkylation sites (tertiary alicyclic amines) is 1. The molecule has 22 heavy (non-hydrogen) atoms. The predicted octanol–water partition coefficient (Wildman–Crippen LogP) is 1.22. The van der Waals surface area contributed by atoms with Crippen molar-refractivity contribution in [3.05, 3.63) is 17.0 Å². The Morgan fingerprint density at radius 2 is 2.05 bits per heavy atom. The molecule has 6 nitrogen and oxygen atoms in total. The van der Waals surface area contributed by atoms with Crippen LogP contribution >= 0.6 is 0 Å². The summed E-state index contributed by atoms with van der Waals surface area (Å²) in [6.07, 6.45) is 0.877. The van der Waals surface area contributed by atoms with Crippen molar-refractivity contribution in [2.75, 3.05) is 26.7 Å². The first kappa shape index (κ1) is 15.5. The van der Waals surface area contributed by atoms with Gasteiger partial charge in [-0.3, -0.25) is 9.48 Å². The molecule has 1 amide bonds. The van der Waals surface area contributed by atoms with Crippen LogP contribution in [0.1, 0.15) is 48.6 Å². The fraction of sp³-hybridized carbons (Fsp3) is 0.750. The highest BCUT2D eigenvalue weighted by atomic mass is 16.5. The molecule has 0 saturated carbocycles. The lowest BCUT2D eigenvalue weighted by Gasteiger charge is -2.43. The Hall–Kier alpha value is -1.40. The fourth-order valence-corrected chi connectivity index (χ4v) is 3.78. The van der Waals surface area contributed by atoms with Gasteiger partial charge in [0, 0.05) is 38.7 Å². The molecule has 2 atom stereocenters. The monoisotopic (exact) mass is 306 g/mol. The van der Waals surface area contributed by atoms with Gasteiger partial charge in [-0.2, -0.15) is 5.10 Å². The number of carbonyl (C=O) groups excluding carboxylic acids is 1. The van der Waals surface area contributed by atoms with Crippen molar-refractivity contribution in [3.63, 3.8) is 0 Å². The molecule has 0 radical (unpaired) electrons. The van der Waals surface area contributed by atoms with Gasteiger partial charge in [0.15, 0.2) is 5.69 Å². The second kappa shape index (κ2) is 5.66. The van der Waals surface area contributed by atoms with Gasteiger partial charge >= 0.3 is 0 Å². The zero-order valence-electron chi connectivity index (χ0n) is 14.2. The van der Waals surface area contributed by atoms with Crippen LogP contribution in [0.15, 0.2) is 0 Å². The summed E-state index contributed by atoms with van der Waals surface area (Å²) in [5.41, 5.74) is 2.74. The Morgan fingerprint density at radius 1 is 1.36 bits per heavy atom. The lowest BCUT2D eigenvalue weighted by molar-refractivity contribution is -0.00912. The molecule has 1 saturated heterocycles. The number of nitrogens with zero attached hydrogens (tertiary/aromatic N) is 4. The third-order valence-corrected chi connectivity index (χ3v) is 4.80.